The van der Waals surface area contributed by atoms with E-state index in [2.05, 4.69) is 32.7 Å². The number of nitrogens with zero attached hydrogens (tertiary/aromatic N) is 3. The molecule has 0 aliphatic heterocycles. The molecule has 0 atom stereocenters. The largest absolute Gasteiger partial charge is 0.384 e. The van der Waals surface area contributed by atoms with Gasteiger partial charge in [0.25, 0.3) is 5.91 Å². The maximum absolute atomic E-state index is 12.3. The Kier molecular flexibility index (Phi) is 4.60. The zero-order valence-electron chi connectivity index (χ0n) is 11.6. The predicted octanol–water partition coefficient (Wildman–Crippen LogP) is 2.25. The zero-order chi connectivity index (χ0) is 14.4. The van der Waals surface area contributed by atoms with Gasteiger partial charge in [-0.05, 0) is 25.5 Å². The van der Waals surface area contributed by atoms with Crippen LogP contribution in [0.2, 0.25) is 0 Å². The molecule has 0 aliphatic carbocycles. The van der Waals surface area contributed by atoms with Gasteiger partial charge < -0.3 is 5.32 Å². The first-order valence-corrected chi connectivity index (χ1v) is 6.50. The fourth-order valence-corrected chi connectivity index (χ4v) is 1.73. The highest BCUT2D eigenvalue weighted by atomic mass is 16.1. The van der Waals surface area contributed by atoms with Crippen molar-refractivity contribution in [1.29, 1.82) is 0 Å². The summed E-state index contributed by atoms with van der Waals surface area (Å²) in [6, 6.07) is 5.71. The molecule has 1 aromatic heterocycles. The van der Waals surface area contributed by atoms with Gasteiger partial charge in [0.2, 0.25) is 5.95 Å². The molecule has 0 spiro atoms. The number of hydrogen-bond donors (Lipinski definition) is 2. The van der Waals surface area contributed by atoms with Gasteiger partial charge in [-0.15, -0.1) is 5.10 Å². The van der Waals surface area contributed by atoms with E-state index in [1.807, 2.05) is 25.1 Å². The number of aromatic nitrogens is 3. The Morgan fingerprint density at radius 3 is 2.85 bits per heavy atom. The monoisotopic (exact) mass is 271 g/mol. The van der Waals surface area contributed by atoms with Crippen LogP contribution in [0.25, 0.3) is 0 Å². The third-order valence-electron chi connectivity index (χ3n) is 2.69. The van der Waals surface area contributed by atoms with Crippen LogP contribution in [0.3, 0.4) is 0 Å². The van der Waals surface area contributed by atoms with Crippen LogP contribution in [0.1, 0.15) is 29.3 Å². The van der Waals surface area contributed by atoms with Crippen molar-refractivity contribution >= 4 is 17.5 Å². The van der Waals surface area contributed by atoms with Gasteiger partial charge in [0, 0.05) is 12.2 Å². The summed E-state index contributed by atoms with van der Waals surface area (Å²) in [5, 5.41) is 13.3. The highest BCUT2D eigenvalue weighted by Crippen LogP contribution is 2.18. The minimum Gasteiger partial charge on any atom is -0.384 e. The number of nitrogens with one attached hydrogen (secondary N) is 2. The summed E-state index contributed by atoms with van der Waals surface area (Å²) in [6.07, 6.45) is 3.92. The van der Waals surface area contributed by atoms with Crippen molar-refractivity contribution in [2.24, 2.45) is 0 Å². The van der Waals surface area contributed by atoms with E-state index in [4.69, 9.17) is 0 Å². The Bertz CT molecular complexity index is 585. The van der Waals surface area contributed by atoms with E-state index in [0.29, 0.717) is 5.56 Å². The SMILES string of the molecule is CCCNc1ccc(C)cc1C(=O)Nc1nccnn1. The standard InChI is InChI=1S/C14H17N5O/c1-3-6-15-12-5-4-10(2)9-11(12)13(20)18-14-16-7-8-17-19-14/h4-5,7-9,15H,3,6H2,1-2H3,(H,16,18,19,20). The van der Waals surface area contributed by atoms with E-state index in [1.165, 1.54) is 12.4 Å². The summed E-state index contributed by atoms with van der Waals surface area (Å²) in [6.45, 7) is 4.83. The van der Waals surface area contributed by atoms with Gasteiger partial charge in [-0.3, -0.25) is 10.1 Å². The molecule has 2 aromatic rings. The van der Waals surface area contributed by atoms with Crippen molar-refractivity contribution in [3.05, 3.63) is 41.7 Å². The van der Waals surface area contributed by atoms with Crippen LogP contribution in [0.4, 0.5) is 11.6 Å². The molecule has 1 amide bonds. The molecule has 2 N–H and O–H groups in total. The third-order valence-corrected chi connectivity index (χ3v) is 2.69. The van der Waals surface area contributed by atoms with E-state index in [1.54, 1.807) is 0 Å². The van der Waals surface area contributed by atoms with Crippen LogP contribution in [-0.2, 0) is 0 Å². The number of rotatable bonds is 5. The molecule has 6 heteroatoms. The van der Waals surface area contributed by atoms with Crippen LogP contribution >= 0.6 is 0 Å². The summed E-state index contributed by atoms with van der Waals surface area (Å²) < 4.78 is 0. The van der Waals surface area contributed by atoms with Crippen LogP contribution in [0, 0.1) is 6.92 Å². The van der Waals surface area contributed by atoms with Gasteiger partial charge in [-0.25, -0.2) is 4.98 Å². The van der Waals surface area contributed by atoms with E-state index < -0.39 is 0 Å². The maximum atomic E-state index is 12.3. The summed E-state index contributed by atoms with van der Waals surface area (Å²) >= 11 is 0. The van der Waals surface area contributed by atoms with Gasteiger partial charge in [0.05, 0.1) is 18.0 Å². The number of carbonyl (C=O) groups is 1. The summed E-state index contributed by atoms with van der Waals surface area (Å²) in [4.78, 5) is 16.2. The number of carbonyl (C=O) groups excluding carboxylic acids is 1. The number of aryl methyl sites for hydroxylation is 1. The first-order valence-electron chi connectivity index (χ1n) is 6.50. The molecule has 1 aromatic carbocycles. The second kappa shape index (κ2) is 6.60. The average Bonchev–Trinajstić information content (AvgIpc) is 2.47. The number of hydrogen-bond acceptors (Lipinski definition) is 5. The predicted molar refractivity (Wildman–Crippen MR) is 77.7 cm³/mol. The fraction of sp³-hybridized carbons (Fsp3) is 0.286. The van der Waals surface area contributed by atoms with Crippen molar-refractivity contribution < 1.29 is 4.79 Å². The Labute approximate surface area is 117 Å². The molecule has 6 nitrogen and oxygen atoms in total. The van der Waals surface area contributed by atoms with E-state index in [9.17, 15) is 4.79 Å². The van der Waals surface area contributed by atoms with Gasteiger partial charge in [-0.2, -0.15) is 5.10 Å². The number of anilines is 2. The Morgan fingerprint density at radius 1 is 1.30 bits per heavy atom. The lowest BCUT2D eigenvalue weighted by atomic mass is 10.1. The van der Waals surface area contributed by atoms with Gasteiger partial charge in [0.15, 0.2) is 0 Å². The second-order valence-electron chi connectivity index (χ2n) is 4.40. The lowest BCUT2D eigenvalue weighted by Crippen LogP contribution is -2.17. The molecule has 0 aliphatic rings. The lowest BCUT2D eigenvalue weighted by Gasteiger charge is -2.11. The van der Waals surface area contributed by atoms with E-state index in [-0.39, 0.29) is 11.9 Å². The summed E-state index contributed by atoms with van der Waals surface area (Å²) in [5.74, 6) is -0.0549. The number of benzene rings is 1. The van der Waals surface area contributed by atoms with Gasteiger partial charge in [-0.1, -0.05) is 18.6 Å². The molecule has 0 unspecified atom stereocenters. The van der Waals surface area contributed by atoms with Gasteiger partial charge in [0.1, 0.15) is 0 Å². The lowest BCUT2D eigenvalue weighted by molar-refractivity contribution is 0.102. The van der Waals surface area contributed by atoms with Crippen molar-refractivity contribution in [2.45, 2.75) is 20.3 Å². The van der Waals surface area contributed by atoms with Crippen LogP contribution in [0.15, 0.2) is 30.6 Å². The van der Waals surface area contributed by atoms with E-state index >= 15 is 0 Å². The van der Waals surface area contributed by atoms with Crippen molar-refractivity contribution in [3.8, 4) is 0 Å². The van der Waals surface area contributed by atoms with Crippen molar-refractivity contribution in [2.75, 3.05) is 17.2 Å². The molecular formula is C14H17N5O. The van der Waals surface area contributed by atoms with Crippen LogP contribution < -0.4 is 10.6 Å². The quantitative estimate of drug-likeness (QED) is 0.872. The fourth-order valence-electron chi connectivity index (χ4n) is 1.73. The van der Waals surface area contributed by atoms with Crippen LogP contribution in [-0.4, -0.2) is 27.6 Å². The van der Waals surface area contributed by atoms with Crippen molar-refractivity contribution in [1.82, 2.24) is 15.2 Å². The first-order chi connectivity index (χ1) is 9.70. The molecule has 20 heavy (non-hydrogen) atoms. The Morgan fingerprint density at radius 2 is 2.15 bits per heavy atom. The molecular weight excluding hydrogens is 254 g/mol. The molecule has 2 rings (SSSR count). The Balaban J connectivity index is 2.21. The smallest absolute Gasteiger partial charge is 0.260 e. The highest BCUT2D eigenvalue weighted by Gasteiger charge is 2.13. The topological polar surface area (TPSA) is 79.8 Å². The molecule has 104 valence electrons. The second-order valence-corrected chi connectivity index (χ2v) is 4.40. The molecule has 0 bridgehead atoms. The minimum atomic E-state index is -0.250. The summed E-state index contributed by atoms with van der Waals surface area (Å²) in [5.41, 5.74) is 2.40. The first kappa shape index (κ1) is 13.9. The van der Waals surface area contributed by atoms with Crippen molar-refractivity contribution in [3.63, 3.8) is 0 Å². The zero-order valence-corrected chi connectivity index (χ0v) is 11.6. The minimum absolute atomic E-state index is 0.195. The van der Waals surface area contributed by atoms with E-state index in [0.717, 1.165) is 24.2 Å². The molecule has 0 radical (unpaired) electrons. The maximum Gasteiger partial charge on any atom is 0.260 e. The van der Waals surface area contributed by atoms with Crippen LogP contribution in [0.5, 0.6) is 0 Å². The normalized spacial score (nSPS) is 10.1. The highest BCUT2D eigenvalue weighted by molar-refractivity contribution is 6.07. The third kappa shape index (κ3) is 3.50. The number of amides is 1. The average molecular weight is 271 g/mol. The van der Waals surface area contributed by atoms with Gasteiger partial charge >= 0.3 is 0 Å². The molecule has 1 heterocycles. The Hall–Kier alpha value is -2.50. The molecule has 0 saturated carbocycles. The molecule has 0 fully saturated rings. The summed E-state index contributed by atoms with van der Waals surface area (Å²) in [7, 11) is 0. The molecule has 0 saturated heterocycles.